The Morgan fingerprint density at radius 3 is 2.54 bits per heavy atom. The molecule has 0 radical (unpaired) electrons. The molecule has 0 spiro atoms. The fourth-order valence-corrected chi connectivity index (χ4v) is 4.38. The second-order valence-electron chi connectivity index (χ2n) is 7.64. The first kappa shape index (κ1) is 22.3. The zero-order chi connectivity index (χ0) is 20.5. The molecule has 28 heavy (non-hydrogen) atoms. The first-order valence-electron chi connectivity index (χ1n) is 9.78. The highest BCUT2D eigenvalue weighted by atomic mass is 32.2. The zero-order valence-electron chi connectivity index (χ0n) is 16.8. The summed E-state index contributed by atoms with van der Waals surface area (Å²) < 4.78 is 5.25. The molecule has 0 bridgehead atoms. The van der Waals surface area contributed by atoms with Crippen molar-refractivity contribution in [2.75, 3.05) is 0 Å². The number of carbonyl (C=O) groups excluding carboxylic acids is 3. The van der Waals surface area contributed by atoms with Gasteiger partial charge in [0.1, 0.15) is 12.6 Å². The van der Waals surface area contributed by atoms with E-state index in [4.69, 9.17) is 4.74 Å². The minimum atomic E-state index is -0.636. The third-order valence-electron chi connectivity index (χ3n) is 4.59. The van der Waals surface area contributed by atoms with Gasteiger partial charge in [-0.15, -0.1) is 0 Å². The van der Waals surface area contributed by atoms with Gasteiger partial charge >= 0.3 is 6.09 Å². The Hall–Kier alpha value is -2.02. The van der Waals surface area contributed by atoms with E-state index in [2.05, 4.69) is 10.6 Å². The molecular weight excluding hydrogens is 376 g/mol. The van der Waals surface area contributed by atoms with E-state index in [-0.39, 0.29) is 34.8 Å². The third kappa shape index (κ3) is 7.92. The van der Waals surface area contributed by atoms with Crippen molar-refractivity contribution in [3.8, 4) is 0 Å². The van der Waals surface area contributed by atoms with Crippen LogP contribution in [0.3, 0.4) is 0 Å². The number of carbonyl (C=O) groups is 3. The highest BCUT2D eigenvalue weighted by Crippen LogP contribution is 2.30. The molecule has 0 heterocycles. The molecule has 1 fully saturated rings. The topological polar surface area (TPSA) is 84.5 Å². The summed E-state index contributed by atoms with van der Waals surface area (Å²) >= 11 is 1.35. The van der Waals surface area contributed by atoms with Crippen LogP contribution in [0.25, 0.3) is 0 Å². The molecule has 1 aromatic rings. The molecular formula is C21H30N2O4S. The number of alkyl carbamates (subject to hydrolysis) is 1. The van der Waals surface area contributed by atoms with E-state index in [1.165, 1.54) is 11.8 Å². The van der Waals surface area contributed by atoms with Crippen molar-refractivity contribution in [3.05, 3.63) is 35.9 Å². The molecule has 154 valence electrons. The van der Waals surface area contributed by atoms with Crippen molar-refractivity contribution >= 4 is 28.9 Å². The highest BCUT2D eigenvalue weighted by Gasteiger charge is 2.30. The molecule has 7 heteroatoms. The summed E-state index contributed by atoms with van der Waals surface area (Å²) in [6, 6.07) is 8.82. The summed E-state index contributed by atoms with van der Waals surface area (Å²) in [5, 5.41) is 6.10. The van der Waals surface area contributed by atoms with Crippen molar-refractivity contribution in [1.29, 1.82) is 0 Å². The van der Waals surface area contributed by atoms with Crippen molar-refractivity contribution < 1.29 is 19.1 Å². The summed E-state index contributed by atoms with van der Waals surface area (Å²) in [4.78, 5) is 36.1. The van der Waals surface area contributed by atoms with Crippen LogP contribution in [0.15, 0.2) is 30.3 Å². The smallest absolute Gasteiger partial charge is 0.408 e. The number of rotatable bonds is 8. The SMILES string of the molecule is CC(=O)SC1CCC(NC(=O)[C@H](CC(C)C)NC(=O)OCc2ccccc2)C1. The van der Waals surface area contributed by atoms with Crippen LogP contribution in [-0.4, -0.2) is 34.4 Å². The van der Waals surface area contributed by atoms with Crippen LogP contribution >= 0.6 is 11.8 Å². The van der Waals surface area contributed by atoms with Crippen LogP contribution in [0.2, 0.25) is 0 Å². The summed E-state index contributed by atoms with van der Waals surface area (Å²) in [5.74, 6) is 0.0543. The van der Waals surface area contributed by atoms with Gasteiger partial charge in [-0.05, 0) is 37.2 Å². The minimum Gasteiger partial charge on any atom is -0.445 e. The molecule has 1 aromatic carbocycles. The number of thioether (sulfide) groups is 1. The second kappa shape index (κ2) is 11.1. The summed E-state index contributed by atoms with van der Waals surface area (Å²) in [5.41, 5.74) is 0.891. The lowest BCUT2D eigenvalue weighted by Gasteiger charge is -2.22. The largest absolute Gasteiger partial charge is 0.445 e. The fourth-order valence-electron chi connectivity index (χ4n) is 3.32. The molecule has 1 aliphatic rings. The van der Waals surface area contributed by atoms with Gasteiger partial charge in [-0.1, -0.05) is 55.9 Å². The van der Waals surface area contributed by atoms with E-state index < -0.39 is 12.1 Å². The Labute approximate surface area is 171 Å². The van der Waals surface area contributed by atoms with E-state index in [1.807, 2.05) is 44.2 Å². The van der Waals surface area contributed by atoms with Crippen LogP contribution in [-0.2, 0) is 20.9 Å². The number of amides is 2. The number of ether oxygens (including phenoxy) is 1. The van der Waals surface area contributed by atoms with E-state index >= 15 is 0 Å². The van der Waals surface area contributed by atoms with Crippen molar-refractivity contribution in [2.24, 2.45) is 5.92 Å². The average molecular weight is 407 g/mol. The quantitative estimate of drug-likeness (QED) is 0.688. The van der Waals surface area contributed by atoms with Crippen LogP contribution in [0.1, 0.15) is 52.0 Å². The molecule has 0 aromatic heterocycles. The first-order chi connectivity index (χ1) is 13.3. The molecule has 2 amide bonds. The molecule has 6 nitrogen and oxygen atoms in total. The maximum Gasteiger partial charge on any atom is 0.408 e. The second-order valence-corrected chi connectivity index (χ2v) is 9.12. The third-order valence-corrected chi connectivity index (χ3v) is 5.69. The van der Waals surface area contributed by atoms with Gasteiger partial charge in [-0.25, -0.2) is 4.79 Å². The maximum absolute atomic E-state index is 12.7. The van der Waals surface area contributed by atoms with Gasteiger partial charge in [0.25, 0.3) is 0 Å². The van der Waals surface area contributed by atoms with Gasteiger partial charge < -0.3 is 15.4 Å². The van der Waals surface area contributed by atoms with Crippen LogP contribution in [0.4, 0.5) is 4.79 Å². The molecule has 2 N–H and O–H groups in total. The fraction of sp³-hybridized carbons (Fsp3) is 0.571. The zero-order valence-corrected chi connectivity index (χ0v) is 17.6. The molecule has 0 aliphatic heterocycles. The molecule has 2 unspecified atom stereocenters. The molecule has 0 saturated heterocycles. The number of benzene rings is 1. The Balaban J connectivity index is 1.84. The van der Waals surface area contributed by atoms with Crippen molar-refractivity contribution in [2.45, 2.75) is 70.4 Å². The lowest BCUT2D eigenvalue weighted by Crippen LogP contribution is -2.49. The average Bonchev–Trinajstić information content (AvgIpc) is 3.06. The Morgan fingerprint density at radius 2 is 1.89 bits per heavy atom. The van der Waals surface area contributed by atoms with Crippen LogP contribution in [0, 0.1) is 5.92 Å². The summed E-state index contributed by atoms with van der Waals surface area (Å²) in [7, 11) is 0. The van der Waals surface area contributed by atoms with Crippen molar-refractivity contribution in [1.82, 2.24) is 10.6 Å². The highest BCUT2D eigenvalue weighted by molar-refractivity contribution is 8.14. The van der Waals surface area contributed by atoms with Crippen molar-refractivity contribution in [3.63, 3.8) is 0 Å². The predicted molar refractivity (Wildman–Crippen MR) is 111 cm³/mol. The van der Waals surface area contributed by atoms with E-state index in [1.54, 1.807) is 6.92 Å². The lowest BCUT2D eigenvalue weighted by atomic mass is 10.0. The number of nitrogens with one attached hydrogen (secondary N) is 2. The maximum atomic E-state index is 12.7. The first-order valence-corrected chi connectivity index (χ1v) is 10.7. The number of hydrogen-bond donors (Lipinski definition) is 2. The predicted octanol–water partition coefficient (Wildman–Crippen LogP) is 3.64. The van der Waals surface area contributed by atoms with Crippen LogP contribution in [0.5, 0.6) is 0 Å². The molecule has 3 atom stereocenters. The standard InChI is InChI=1S/C21H30N2O4S/c1-14(2)11-19(23-21(26)27-13-16-7-5-4-6-8-16)20(25)22-17-9-10-18(12-17)28-15(3)24/h4-8,14,17-19H,9-13H2,1-3H3,(H,22,25)(H,23,26)/t17?,18?,19-/m0/s1. The molecule has 1 aliphatic carbocycles. The normalized spacial score (nSPS) is 19.9. The lowest BCUT2D eigenvalue weighted by molar-refractivity contribution is -0.124. The van der Waals surface area contributed by atoms with Crippen LogP contribution < -0.4 is 10.6 Å². The van der Waals surface area contributed by atoms with Gasteiger partial charge in [-0.2, -0.15) is 0 Å². The summed E-state index contributed by atoms with van der Waals surface area (Å²) in [6.45, 7) is 5.74. The minimum absolute atomic E-state index is 0.0427. The van der Waals surface area contributed by atoms with Gasteiger partial charge in [0.15, 0.2) is 5.12 Å². The van der Waals surface area contributed by atoms with E-state index in [0.29, 0.717) is 6.42 Å². The Kier molecular flexibility index (Phi) is 8.83. The van der Waals surface area contributed by atoms with E-state index in [0.717, 1.165) is 24.8 Å². The van der Waals surface area contributed by atoms with Gasteiger partial charge in [0.05, 0.1) is 0 Å². The van der Waals surface area contributed by atoms with Gasteiger partial charge in [0.2, 0.25) is 5.91 Å². The number of hydrogen-bond acceptors (Lipinski definition) is 5. The van der Waals surface area contributed by atoms with Gasteiger partial charge in [-0.3, -0.25) is 9.59 Å². The molecule has 2 rings (SSSR count). The summed E-state index contributed by atoms with van der Waals surface area (Å²) in [6.07, 6.45) is 2.48. The molecule has 1 saturated carbocycles. The van der Waals surface area contributed by atoms with E-state index in [9.17, 15) is 14.4 Å². The monoisotopic (exact) mass is 406 g/mol. The van der Waals surface area contributed by atoms with Gasteiger partial charge in [0, 0.05) is 18.2 Å². The Bertz CT molecular complexity index is 666. The Morgan fingerprint density at radius 1 is 1.18 bits per heavy atom.